The van der Waals surface area contributed by atoms with E-state index < -0.39 is 0 Å². The Hall–Kier alpha value is -3.74. The van der Waals surface area contributed by atoms with Crippen LogP contribution in [0.2, 0.25) is 0 Å². The number of nitrogens with zero attached hydrogens (tertiary/aromatic N) is 5. The molecule has 0 unspecified atom stereocenters. The summed E-state index contributed by atoms with van der Waals surface area (Å²) in [7, 11) is 1.90. The smallest absolute Gasteiger partial charge is 0.137 e. The first-order valence-electron chi connectivity index (χ1n) is 8.89. The largest absolute Gasteiger partial charge is 0.346 e. The van der Waals surface area contributed by atoms with Gasteiger partial charge in [-0.15, -0.1) is 0 Å². The topological polar surface area (TPSA) is 64.3 Å². The van der Waals surface area contributed by atoms with Gasteiger partial charge in [0.05, 0.1) is 18.9 Å². The standard InChI is InChI=1S/C21H17FN6/c1-27-12-16(8-25-27)15-6-19-20(10-24-21(19)23-7-15)17-9-26-28(13-17)11-14-2-4-18(22)5-3-14/h2-10,12-13H,11H2,1H3,(H,23,24). The Bertz CT molecular complexity index is 1260. The lowest BCUT2D eigenvalue weighted by Crippen LogP contribution is -1.99. The van der Waals surface area contributed by atoms with Crippen molar-refractivity contribution in [2.24, 2.45) is 7.05 Å². The summed E-state index contributed by atoms with van der Waals surface area (Å²) in [4.78, 5) is 7.77. The molecule has 5 rings (SSSR count). The highest BCUT2D eigenvalue weighted by atomic mass is 19.1. The first-order valence-corrected chi connectivity index (χ1v) is 8.89. The van der Waals surface area contributed by atoms with Crippen molar-refractivity contribution >= 4 is 11.0 Å². The van der Waals surface area contributed by atoms with Crippen molar-refractivity contribution in [3.05, 3.63) is 78.9 Å². The molecule has 5 aromatic rings. The molecular formula is C21H17FN6. The summed E-state index contributed by atoms with van der Waals surface area (Å²) in [6, 6.07) is 8.58. The minimum absolute atomic E-state index is 0.236. The van der Waals surface area contributed by atoms with E-state index in [1.54, 1.807) is 16.8 Å². The maximum atomic E-state index is 13.1. The third kappa shape index (κ3) is 2.96. The van der Waals surface area contributed by atoms with E-state index in [1.807, 2.05) is 48.9 Å². The Morgan fingerprint density at radius 1 is 0.964 bits per heavy atom. The van der Waals surface area contributed by atoms with Gasteiger partial charge < -0.3 is 4.98 Å². The molecule has 28 heavy (non-hydrogen) atoms. The Kier molecular flexibility index (Phi) is 3.79. The van der Waals surface area contributed by atoms with Crippen molar-refractivity contribution in [2.75, 3.05) is 0 Å². The summed E-state index contributed by atoms with van der Waals surface area (Å²) in [5.41, 5.74) is 5.90. The van der Waals surface area contributed by atoms with Crippen LogP contribution in [0, 0.1) is 5.82 Å². The van der Waals surface area contributed by atoms with Gasteiger partial charge in [0.15, 0.2) is 0 Å². The predicted molar refractivity (Wildman–Crippen MR) is 105 cm³/mol. The lowest BCUT2D eigenvalue weighted by Gasteiger charge is -2.01. The molecule has 7 heteroatoms. The number of benzene rings is 1. The number of pyridine rings is 1. The fourth-order valence-corrected chi connectivity index (χ4v) is 3.34. The average molecular weight is 372 g/mol. The Morgan fingerprint density at radius 3 is 2.57 bits per heavy atom. The van der Waals surface area contributed by atoms with Crippen LogP contribution in [0.1, 0.15) is 5.56 Å². The number of aryl methyl sites for hydroxylation is 1. The van der Waals surface area contributed by atoms with Gasteiger partial charge in [-0.3, -0.25) is 9.36 Å². The quantitative estimate of drug-likeness (QED) is 0.518. The van der Waals surface area contributed by atoms with Gasteiger partial charge in [0.2, 0.25) is 0 Å². The molecular weight excluding hydrogens is 355 g/mol. The van der Waals surface area contributed by atoms with E-state index in [1.165, 1.54) is 12.1 Å². The molecule has 0 aliphatic carbocycles. The van der Waals surface area contributed by atoms with E-state index in [0.29, 0.717) is 6.54 Å². The zero-order valence-corrected chi connectivity index (χ0v) is 15.2. The van der Waals surface area contributed by atoms with Crippen LogP contribution in [0.15, 0.2) is 67.5 Å². The zero-order chi connectivity index (χ0) is 19.1. The molecule has 0 aliphatic heterocycles. The number of rotatable bonds is 4. The van der Waals surface area contributed by atoms with Crippen LogP contribution in [-0.4, -0.2) is 29.5 Å². The number of aromatic nitrogens is 6. The van der Waals surface area contributed by atoms with Crippen molar-refractivity contribution in [3.8, 4) is 22.3 Å². The van der Waals surface area contributed by atoms with Gasteiger partial charge in [0.25, 0.3) is 0 Å². The maximum Gasteiger partial charge on any atom is 0.137 e. The van der Waals surface area contributed by atoms with Gasteiger partial charge in [0, 0.05) is 59.5 Å². The molecule has 0 radical (unpaired) electrons. The van der Waals surface area contributed by atoms with Crippen LogP contribution >= 0.6 is 0 Å². The fourth-order valence-electron chi connectivity index (χ4n) is 3.34. The number of nitrogens with one attached hydrogen (secondary N) is 1. The normalized spacial score (nSPS) is 11.4. The summed E-state index contributed by atoms with van der Waals surface area (Å²) >= 11 is 0. The van der Waals surface area contributed by atoms with Crippen LogP contribution in [0.3, 0.4) is 0 Å². The minimum atomic E-state index is -0.236. The van der Waals surface area contributed by atoms with Crippen LogP contribution in [0.5, 0.6) is 0 Å². The molecule has 0 fully saturated rings. The number of halogens is 1. The summed E-state index contributed by atoms with van der Waals surface area (Å²) < 4.78 is 16.7. The van der Waals surface area contributed by atoms with Gasteiger partial charge in [-0.2, -0.15) is 10.2 Å². The monoisotopic (exact) mass is 372 g/mol. The van der Waals surface area contributed by atoms with Crippen LogP contribution in [-0.2, 0) is 13.6 Å². The van der Waals surface area contributed by atoms with E-state index in [4.69, 9.17) is 0 Å². The number of H-pyrrole nitrogens is 1. The lowest BCUT2D eigenvalue weighted by molar-refractivity contribution is 0.624. The van der Waals surface area contributed by atoms with Crippen molar-refractivity contribution < 1.29 is 4.39 Å². The highest BCUT2D eigenvalue weighted by Gasteiger charge is 2.11. The van der Waals surface area contributed by atoms with E-state index in [0.717, 1.165) is 38.9 Å². The first kappa shape index (κ1) is 16.4. The lowest BCUT2D eigenvalue weighted by atomic mass is 10.1. The Morgan fingerprint density at radius 2 is 1.79 bits per heavy atom. The summed E-state index contributed by atoms with van der Waals surface area (Å²) in [5, 5.41) is 9.72. The second-order valence-corrected chi connectivity index (χ2v) is 6.78. The second kappa shape index (κ2) is 6.45. The highest BCUT2D eigenvalue weighted by molar-refractivity contribution is 5.95. The molecule has 0 saturated carbocycles. The molecule has 0 saturated heterocycles. The molecule has 6 nitrogen and oxygen atoms in total. The molecule has 0 atom stereocenters. The maximum absolute atomic E-state index is 13.1. The molecule has 0 aliphatic rings. The van der Waals surface area contributed by atoms with E-state index in [2.05, 4.69) is 26.2 Å². The summed E-state index contributed by atoms with van der Waals surface area (Å²) in [5.74, 6) is -0.236. The minimum Gasteiger partial charge on any atom is -0.346 e. The summed E-state index contributed by atoms with van der Waals surface area (Å²) in [6.45, 7) is 0.585. The van der Waals surface area contributed by atoms with Crippen LogP contribution in [0.4, 0.5) is 4.39 Å². The second-order valence-electron chi connectivity index (χ2n) is 6.78. The fraction of sp³-hybridized carbons (Fsp3) is 0.0952. The van der Waals surface area contributed by atoms with Crippen molar-refractivity contribution in [1.82, 2.24) is 29.5 Å². The van der Waals surface area contributed by atoms with Gasteiger partial charge in [-0.05, 0) is 23.8 Å². The zero-order valence-electron chi connectivity index (χ0n) is 15.2. The average Bonchev–Trinajstić information content (AvgIpc) is 3.42. The van der Waals surface area contributed by atoms with Crippen LogP contribution in [0.25, 0.3) is 33.3 Å². The third-order valence-electron chi connectivity index (χ3n) is 4.77. The number of aromatic amines is 1. The van der Waals surface area contributed by atoms with E-state index >= 15 is 0 Å². The van der Waals surface area contributed by atoms with Gasteiger partial charge >= 0.3 is 0 Å². The van der Waals surface area contributed by atoms with E-state index in [9.17, 15) is 4.39 Å². The molecule has 1 aromatic carbocycles. The first-order chi connectivity index (χ1) is 13.7. The van der Waals surface area contributed by atoms with Gasteiger partial charge in [-0.1, -0.05) is 12.1 Å². The SMILES string of the molecule is Cn1cc(-c2cnc3[nH]cc(-c4cnn(Cc5ccc(F)cc5)c4)c3c2)cn1. The van der Waals surface area contributed by atoms with Crippen molar-refractivity contribution in [3.63, 3.8) is 0 Å². The number of hydrogen-bond donors (Lipinski definition) is 1. The molecule has 4 aromatic heterocycles. The highest BCUT2D eigenvalue weighted by Crippen LogP contribution is 2.30. The van der Waals surface area contributed by atoms with Crippen molar-refractivity contribution in [2.45, 2.75) is 6.54 Å². The number of fused-ring (bicyclic) bond motifs is 1. The van der Waals surface area contributed by atoms with E-state index in [-0.39, 0.29) is 5.82 Å². The molecule has 138 valence electrons. The Balaban J connectivity index is 1.49. The van der Waals surface area contributed by atoms with Gasteiger partial charge in [0.1, 0.15) is 11.5 Å². The van der Waals surface area contributed by atoms with Crippen LogP contribution < -0.4 is 0 Å². The molecule has 4 heterocycles. The summed E-state index contributed by atoms with van der Waals surface area (Å²) in [6.07, 6.45) is 11.4. The predicted octanol–water partition coefficient (Wildman–Crippen LogP) is 4.01. The molecule has 0 spiro atoms. The molecule has 0 bridgehead atoms. The molecule has 0 amide bonds. The molecule has 1 N–H and O–H groups in total. The van der Waals surface area contributed by atoms with Crippen molar-refractivity contribution in [1.29, 1.82) is 0 Å². The van der Waals surface area contributed by atoms with Gasteiger partial charge in [-0.25, -0.2) is 9.37 Å². The number of hydrogen-bond acceptors (Lipinski definition) is 3. The third-order valence-corrected chi connectivity index (χ3v) is 4.77. The Labute approximate surface area is 160 Å².